The molecule has 3 aromatic carbocycles. The molecule has 0 amide bonds. The monoisotopic (exact) mass is 593 g/mol. The third-order valence-corrected chi connectivity index (χ3v) is 7.38. The number of hydrogen-bond donors (Lipinski definition) is 0. The molecule has 3 aromatic rings. The molecule has 2 nitrogen and oxygen atoms in total. The van der Waals surface area contributed by atoms with Crippen LogP contribution in [0.1, 0.15) is 112 Å². The van der Waals surface area contributed by atoms with Gasteiger partial charge in [-0.1, -0.05) is 163 Å². The Morgan fingerprint density at radius 2 is 1.00 bits per heavy atom. The Kier molecular flexibility index (Phi) is 17.8. The highest BCUT2D eigenvalue weighted by Crippen LogP contribution is 2.22. The summed E-state index contributed by atoms with van der Waals surface area (Å²) in [6.45, 7) is 7.03. The molecule has 0 aliphatic rings. The molecule has 0 N–H and O–H groups in total. The van der Waals surface area contributed by atoms with Gasteiger partial charge in [-0.05, 0) is 36.1 Å². The van der Waals surface area contributed by atoms with Crippen LogP contribution in [-0.2, 0) is 0 Å². The number of unbranched alkanes of at least 4 members (excludes halogenated alkanes) is 10. The molecule has 0 saturated carbocycles. The number of benzene rings is 3. The normalized spacial score (nSPS) is 11.3. The standard InChI is InChI=1S/C22H39N.C16H11F3O/c1-3-5-7-9-11-16-20-23(22-18-14-13-15-19-22)21-17-12-10-8-6-4-2;17-16(18,19)15(20)14-10-8-13(9-11-14)7-6-12-4-2-1-3-5-12/h13-15,18-19H,3-12,16-17,20-21H2,1-2H3;1-11H. The van der Waals surface area contributed by atoms with E-state index in [1.165, 1.54) is 120 Å². The van der Waals surface area contributed by atoms with Crippen LogP contribution in [0.15, 0.2) is 84.9 Å². The highest BCUT2D eigenvalue weighted by Gasteiger charge is 2.39. The number of nitrogens with zero attached hydrogens (tertiary/aromatic N) is 1. The number of Topliss-reactive ketones (excluding diaryl/α,β-unsaturated/α-hetero) is 1. The van der Waals surface area contributed by atoms with Gasteiger partial charge < -0.3 is 4.90 Å². The van der Waals surface area contributed by atoms with Gasteiger partial charge in [-0.2, -0.15) is 13.2 Å². The number of rotatable bonds is 18. The molecule has 0 radical (unpaired) electrons. The van der Waals surface area contributed by atoms with Crippen LogP contribution in [0.25, 0.3) is 12.2 Å². The summed E-state index contributed by atoms with van der Waals surface area (Å²) in [4.78, 5) is 13.6. The molecule has 0 aliphatic carbocycles. The minimum absolute atomic E-state index is 0.352. The maximum Gasteiger partial charge on any atom is 0.454 e. The van der Waals surface area contributed by atoms with E-state index in [1.807, 2.05) is 36.4 Å². The van der Waals surface area contributed by atoms with Crippen molar-refractivity contribution in [1.29, 1.82) is 0 Å². The van der Waals surface area contributed by atoms with Gasteiger partial charge in [0.25, 0.3) is 5.78 Å². The Morgan fingerprint density at radius 3 is 1.47 bits per heavy atom. The van der Waals surface area contributed by atoms with E-state index in [2.05, 4.69) is 49.1 Å². The van der Waals surface area contributed by atoms with Crippen molar-refractivity contribution >= 4 is 23.6 Å². The quantitative estimate of drug-likeness (QED) is 0.0830. The molecule has 0 fully saturated rings. The number of ketones is 1. The lowest BCUT2D eigenvalue weighted by Crippen LogP contribution is -2.25. The van der Waals surface area contributed by atoms with Crippen molar-refractivity contribution < 1.29 is 18.0 Å². The Morgan fingerprint density at radius 1 is 0.581 bits per heavy atom. The van der Waals surface area contributed by atoms with Gasteiger partial charge in [0.2, 0.25) is 0 Å². The summed E-state index contributed by atoms with van der Waals surface area (Å²) in [6.07, 6.45) is 15.4. The smallest absolute Gasteiger partial charge is 0.372 e. The van der Waals surface area contributed by atoms with E-state index in [4.69, 9.17) is 0 Å². The molecule has 0 heterocycles. The average Bonchev–Trinajstić information content (AvgIpc) is 3.03. The van der Waals surface area contributed by atoms with Gasteiger partial charge in [-0.25, -0.2) is 0 Å². The molecular weight excluding hydrogens is 543 g/mol. The van der Waals surface area contributed by atoms with Crippen LogP contribution in [-0.4, -0.2) is 25.0 Å². The Balaban J connectivity index is 0.000000303. The van der Waals surface area contributed by atoms with Crippen molar-refractivity contribution in [2.24, 2.45) is 0 Å². The lowest BCUT2D eigenvalue weighted by molar-refractivity contribution is -0.0885. The molecule has 43 heavy (non-hydrogen) atoms. The van der Waals surface area contributed by atoms with Gasteiger partial charge in [-0.15, -0.1) is 0 Å². The molecule has 0 atom stereocenters. The SMILES string of the molecule is CCCCCCCCN(CCCCCCCC)c1ccccc1.O=C(c1ccc(C=Cc2ccccc2)cc1)C(F)(F)F. The first-order valence-corrected chi connectivity index (χ1v) is 16.1. The molecule has 0 bridgehead atoms. The van der Waals surface area contributed by atoms with Gasteiger partial charge in [0.1, 0.15) is 0 Å². The zero-order chi connectivity index (χ0) is 31.2. The highest BCUT2D eigenvalue weighted by molar-refractivity contribution is 6.00. The number of anilines is 1. The summed E-state index contributed by atoms with van der Waals surface area (Å²) < 4.78 is 36.7. The van der Waals surface area contributed by atoms with E-state index in [-0.39, 0.29) is 5.56 Å². The molecule has 0 unspecified atom stereocenters. The fraction of sp³-hybridized carbons (Fsp3) is 0.447. The van der Waals surface area contributed by atoms with Crippen molar-refractivity contribution in [3.05, 3.63) is 102 Å². The second kappa shape index (κ2) is 21.4. The van der Waals surface area contributed by atoms with Crippen LogP contribution in [0.2, 0.25) is 0 Å². The predicted octanol–water partition coefficient (Wildman–Crippen LogP) is 11.8. The van der Waals surface area contributed by atoms with E-state index in [0.29, 0.717) is 0 Å². The number of halogens is 3. The summed E-state index contributed by atoms with van der Waals surface area (Å²) in [6, 6.07) is 25.9. The van der Waals surface area contributed by atoms with Crippen LogP contribution in [0.4, 0.5) is 18.9 Å². The van der Waals surface area contributed by atoms with Crippen molar-refractivity contribution in [2.45, 2.75) is 97.1 Å². The van der Waals surface area contributed by atoms with Crippen molar-refractivity contribution in [1.82, 2.24) is 0 Å². The lowest BCUT2D eigenvalue weighted by Gasteiger charge is -2.25. The van der Waals surface area contributed by atoms with E-state index in [1.54, 1.807) is 6.08 Å². The van der Waals surface area contributed by atoms with Gasteiger partial charge in [0.15, 0.2) is 0 Å². The average molecular weight is 594 g/mol. The fourth-order valence-electron chi connectivity index (χ4n) is 4.84. The first kappa shape index (κ1) is 35.9. The molecular formula is C38H50F3NO. The summed E-state index contributed by atoms with van der Waals surface area (Å²) in [5, 5.41) is 0. The Bertz CT molecular complexity index is 1130. The zero-order valence-electron chi connectivity index (χ0n) is 26.1. The molecule has 5 heteroatoms. The van der Waals surface area contributed by atoms with Crippen molar-refractivity contribution in [2.75, 3.05) is 18.0 Å². The number of carbonyl (C=O) groups is 1. The number of alkyl halides is 3. The maximum absolute atomic E-state index is 12.2. The third-order valence-electron chi connectivity index (χ3n) is 7.38. The third kappa shape index (κ3) is 15.6. The Hall–Kier alpha value is -3.34. The van der Waals surface area contributed by atoms with Crippen molar-refractivity contribution in [3.63, 3.8) is 0 Å². The lowest BCUT2D eigenvalue weighted by atomic mass is 10.1. The van der Waals surface area contributed by atoms with Crippen molar-refractivity contribution in [3.8, 4) is 0 Å². The fourth-order valence-corrected chi connectivity index (χ4v) is 4.84. The Labute approximate surface area is 258 Å². The van der Waals surface area contributed by atoms with Crippen LogP contribution in [0.3, 0.4) is 0 Å². The molecule has 234 valence electrons. The topological polar surface area (TPSA) is 20.3 Å². The van der Waals surface area contributed by atoms with Crippen LogP contribution >= 0.6 is 0 Å². The minimum Gasteiger partial charge on any atom is -0.372 e. The maximum atomic E-state index is 12.2. The van der Waals surface area contributed by atoms with E-state index >= 15 is 0 Å². The molecule has 0 saturated heterocycles. The van der Waals surface area contributed by atoms with E-state index in [0.717, 1.165) is 11.1 Å². The molecule has 0 spiro atoms. The number of para-hydroxylation sites is 1. The molecule has 0 aliphatic heterocycles. The predicted molar refractivity (Wildman–Crippen MR) is 178 cm³/mol. The summed E-state index contributed by atoms with van der Waals surface area (Å²) in [7, 11) is 0. The van der Waals surface area contributed by atoms with Crippen LogP contribution in [0, 0.1) is 0 Å². The number of carbonyl (C=O) groups excluding carboxylic acids is 1. The van der Waals surface area contributed by atoms with Gasteiger partial charge in [0, 0.05) is 24.3 Å². The second-order valence-corrected chi connectivity index (χ2v) is 11.1. The van der Waals surface area contributed by atoms with Gasteiger partial charge in [-0.3, -0.25) is 4.79 Å². The van der Waals surface area contributed by atoms with Gasteiger partial charge >= 0.3 is 6.18 Å². The van der Waals surface area contributed by atoms with E-state index in [9.17, 15) is 18.0 Å². The summed E-state index contributed by atoms with van der Waals surface area (Å²) in [5.74, 6) is -1.82. The van der Waals surface area contributed by atoms with Crippen LogP contribution < -0.4 is 4.90 Å². The number of hydrogen-bond acceptors (Lipinski definition) is 2. The first-order valence-electron chi connectivity index (χ1n) is 16.1. The second-order valence-electron chi connectivity index (χ2n) is 11.1. The van der Waals surface area contributed by atoms with E-state index < -0.39 is 12.0 Å². The summed E-state index contributed by atoms with van der Waals surface area (Å²) >= 11 is 0. The first-order chi connectivity index (χ1) is 20.8. The highest BCUT2D eigenvalue weighted by atomic mass is 19.4. The summed E-state index contributed by atoms with van der Waals surface area (Å²) in [5.41, 5.74) is 2.78. The van der Waals surface area contributed by atoms with Crippen LogP contribution in [0.5, 0.6) is 0 Å². The molecule has 3 rings (SSSR count). The molecule has 0 aromatic heterocycles. The largest absolute Gasteiger partial charge is 0.454 e. The van der Waals surface area contributed by atoms with Gasteiger partial charge in [0.05, 0.1) is 0 Å². The zero-order valence-corrected chi connectivity index (χ0v) is 26.1. The minimum atomic E-state index is -4.83.